The Morgan fingerprint density at radius 3 is 2.48 bits per heavy atom. The van der Waals surface area contributed by atoms with Crippen molar-refractivity contribution in [2.24, 2.45) is 23.7 Å². The van der Waals surface area contributed by atoms with Gasteiger partial charge in [-0.1, -0.05) is 53.9 Å². The maximum Gasteiger partial charge on any atom is 0.241 e. The summed E-state index contributed by atoms with van der Waals surface area (Å²) in [7, 11) is 0. The molecular weight excluding hydrogens is 260 g/mol. The molecule has 0 radical (unpaired) electrons. The third kappa shape index (κ3) is 4.00. The van der Waals surface area contributed by atoms with E-state index < -0.39 is 0 Å². The lowest BCUT2D eigenvalue weighted by Crippen LogP contribution is -2.42. The van der Waals surface area contributed by atoms with E-state index in [1.165, 1.54) is 32.1 Å². The van der Waals surface area contributed by atoms with Gasteiger partial charge in [-0.2, -0.15) is 0 Å². The molecule has 1 saturated heterocycles. The second kappa shape index (κ2) is 7.13. The van der Waals surface area contributed by atoms with E-state index in [2.05, 4.69) is 44.8 Å². The summed E-state index contributed by atoms with van der Waals surface area (Å²) in [4.78, 5) is 14.8. The Balaban J connectivity index is 1.94. The van der Waals surface area contributed by atoms with Crippen molar-refractivity contribution >= 4 is 5.91 Å². The molecule has 2 aliphatic rings. The first kappa shape index (κ1) is 16.8. The number of amides is 1. The van der Waals surface area contributed by atoms with Gasteiger partial charge in [0.25, 0.3) is 0 Å². The number of rotatable bonds is 5. The minimum Gasteiger partial charge on any atom is -0.326 e. The topological polar surface area (TPSA) is 32.3 Å². The minimum atomic E-state index is 0.0164. The number of carbonyl (C=O) groups is 1. The molecule has 122 valence electrons. The molecule has 0 aromatic rings. The molecule has 4 unspecified atom stereocenters. The lowest BCUT2D eigenvalue weighted by molar-refractivity contribution is -0.131. The van der Waals surface area contributed by atoms with E-state index in [0.717, 1.165) is 18.4 Å². The molecule has 1 aliphatic carbocycles. The molecule has 1 saturated carbocycles. The van der Waals surface area contributed by atoms with Crippen LogP contribution in [-0.2, 0) is 4.79 Å². The van der Waals surface area contributed by atoms with Gasteiger partial charge < -0.3 is 4.90 Å². The first-order valence-electron chi connectivity index (χ1n) is 8.96. The third-order valence-electron chi connectivity index (χ3n) is 5.36. The minimum absolute atomic E-state index is 0.0164. The monoisotopic (exact) mass is 294 g/mol. The number of hydrogen-bond acceptors (Lipinski definition) is 2. The molecule has 4 atom stereocenters. The fourth-order valence-corrected chi connectivity index (χ4v) is 4.08. The van der Waals surface area contributed by atoms with Crippen LogP contribution in [0.2, 0.25) is 0 Å². The Hall–Kier alpha value is -0.570. The molecule has 1 N–H and O–H groups in total. The van der Waals surface area contributed by atoms with Crippen LogP contribution in [0, 0.1) is 23.7 Å². The van der Waals surface area contributed by atoms with Crippen LogP contribution in [0.25, 0.3) is 0 Å². The van der Waals surface area contributed by atoms with Crippen LogP contribution in [-0.4, -0.2) is 29.6 Å². The number of hydrogen-bond donors (Lipinski definition) is 1. The summed E-state index contributed by atoms with van der Waals surface area (Å²) in [6.07, 6.45) is 6.90. The summed E-state index contributed by atoms with van der Waals surface area (Å²) in [5.74, 6) is 2.88. The van der Waals surface area contributed by atoms with E-state index in [9.17, 15) is 4.79 Å². The maximum atomic E-state index is 12.7. The van der Waals surface area contributed by atoms with Crippen molar-refractivity contribution in [1.29, 1.82) is 0 Å². The smallest absolute Gasteiger partial charge is 0.241 e. The standard InChI is InChI=1S/C18H34N2O/c1-12(2)16-18(21)20(17(19-16)13(3)4)10-9-15-8-6-7-14(5)11-15/h12-17,19H,6-11H2,1-5H3. The third-order valence-corrected chi connectivity index (χ3v) is 5.36. The predicted molar refractivity (Wildman–Crippen MR) is 87.8 cm³/mol. The zero-order valence-electron chi connectivity index (χ0n) is 14.6. The molecule has 1 aliphatic heterocycles. The number of nitrogens with zero attached hydrogens (tertiary/aromatic N) is 1. The van der Waals surface area contributed by atoms with E-state index in [-0.39, 0.29) is 12.2 Å². The van der Waals surface area contributed by atoms with Gasteiger partial charge in [-0.25, -0.2) is 0 Å². The Morgan fingerprint density at radius 1 is 1.19 bits per heavy atom. The number of carbonyl (C=O) groups excluding carboxylic acids is 1. The van der Waals surface area contributed by atoms with Gasteiger partial charge in [-0.3, -0.25) is 10.1 Å². The van der Waals surface area contributed by atoms with Crippen LogP contribution >= 0.6 is 0 Å². The van der Waals surface area contributed by atoms with Crippen molar-refractivity contribution in [3.05, 3.63) is 0 Å². The van der Waals surface area contributed by atoms with E-state index in [1.54, 1.807) is 0 Å². The second-order valence-corrected chi connectivity index (χ2v) is 8.04. The Bertz CT molecular complexity index is 353. The van der Waals surface area contributed by atoms with Gasteiger partial charge >= 0.3 is 0 Å². The van der Waals surface area contributed by atoms with Crippen LogP contribution in [0.15, 0.2) is 0 Å². The maximum absolute atomic E-state index is 12.7. The largest absolute Gasteiger partial charge is 0.326 e. The van der Waals surface area contributed by atoms with Gasteiger partial charge in [-0.15, -0.1) is 0 Å². The van der Waals surface area contributed by atoms with Gasteiger partial charge in [0.05, 0.1) is 12.2 Å². The van der Waals surface area contributed by atoms with Crippen LogP contribution in [0.1, 0.15) is 66.7 Å². The highest BCUT2D eigenvalue weighted by molar-refractivity contribution is 5.84. The SMILES string of the molecule is CC1CCCC(CCN2C(=O)C(C(C)C)NC2C(C)C)C1. The quantitative estimate of drug-likeness (QED) is 0.839. The predicted octanol–water partition coefficient (Wildman–Crippen LogP) is 3.64. The highest BCUT2D eigenvalue weighted by atomic mass is 16.2. The fourth-order valence-electron chi connectivity index (χ4n) is 4.08. The van der Waals surface area contributed by atoms with Crippen LogP contribution < -0.4 is 5.32 Å². The summed E-state index contributed by atoms with van der Waals surface area (Å²) in [5, 5.41) is 3.56. The first-order valence-corrected chi connectivity index (χ1v) is 8.96. The van der Waals surface area contributed by atoms with Crippen molar-refractivity contribution in [2.45, 2.75) is 78.9 Å². The molecule has 1 amide bonds. The highest BCUT2D eigenvalue weighted by Crippen LogP contribution is 2.32. The van der Waals surface area contributed by atoms with Crippen molar-refractivity contribution in [3.63, 3.8) is 0 Å². The zero-order chi connectivity index (χ0) is 15.6. The summed E-state index contributed by atoms with van der Waals surface area (Å²) in [6.45, 7) is 12.0. The van der Waals surface area contributed by atoms with E-state index >= 15 is 0 Å². The van der Waals surface area contributed by atoms with Gasteiger partial charge in [0.2, 0.25) is 5.91 Å². The summed E-state index contributed by atoms with van der Waals surface area (Å²) >= 11 is 0. The normalized spacial score (nSPS) is 34.2. The van der Waals surface area contributed by atoms with Gasteiger partial charge in [0.1, 0.15) is 0 Å². The fraction of sp³-hybridized carbons (Fsp3) is 0.944. The molecule has 3 nitrogen and oxygen atoms in total. The van der Waals surface area contributed by atoms with Crippen molar-refractivity contribution in [1.82, 2.24) is 10.2 Å². The lowest BCUT2D eigenvalue weighted by Gasteiger charge is -2.31. The highest BCUT2D eigenvalue weighted by Gasteiger charge is 2.41. The molecule has 3 heteroatoms. The van der Waals surface area contributed by atoms with Crippen LogP contribution in [0.4, 0.5) is 0 Å². The summed E-state index contributed by atoms with van der Waals surface area (Å²) in [5.41, 5.74) is 0. The molecule has 21 heavy (non-hydrogen) atoms. The summed E-state index contributed by atoms with van der Waals surface area (Å²) in [6, 6.07) is 0.0164. The Morgan fingerprint density at radius 2 is 1.90 bits per heavy atom. The van der Waals surface area contributed by atoms with E-state index in [4.69, 9.17) is 0 Å². The molecular formula is C18H34N2O. The lowest BCUT2D eigenvalue weighted by atomic mass is 9.81. The molecule has 0 aromatic heterocycles. The van der Waals surface area contributed by atoms with Gasteiger partial charge in [0, 0.05) is 6.54 Å². The molecule has 0 aromatic carbocycles. The molecule has 2 fully saturated rings. The Labute approximate surface area is 130 Å². The number of nitrogens with one attached hydrogen (secondary N) is 1. The van der Waals surface area contributed by atoms with Crippen molar-refractivity contribution in [2.75, 3.05) is 6.54 Å². The van der Waals surface area contributed by atoms with E-state index in [1.807, 2.05) is 0 Å². The van der Waals surface area contributed by atoms with E-state index in [0.29, 0.717) is 17.7 Å². The van der Waals surface area contributed by atoms with Gasteiger partial charge in [0.15, 0.2) is 0 Å². The molecule has 1 heterocycles. The Kier molecular flexibility index (Phi) is 5.70. The molecule has 0 spiro atoms. The van der Waals surface area contributed by atoms with Crippen LogP contribution in [0.3, 0.4) is 0 Å². The molecule has 0 bridgehead atoms. The second-order valence-electron chi connectivity index (χ2n) is 8.04. The van der Waals surface area contributed by atoms with Crippen LogP contribution in [0.5, 0.6) is 0 Å². The zero-order valence-corrected chi connectivity index (χ0v) is 14.6. The molecule has 2 rings (SSSR count). The average molecular weight is 294 g/mol. The first-order chi connectivity index (χ1) is 9.90. The van der Waals surface area contributed by atoms with Crippen molar-refractivity contribution in [3.8, 4) is 0 Å². The van der Waals surface area contributed by atoms with Crippen molar-refractivity contribution < 1.29 is 4.79 Å². The average Bonchev–Trinajstić information content (AvgIpc) is 2.74. The van der Waals surface area contributed by atoms with Gasteiger partial charge in [-0.05, 0) is 36.5 Å². The summed E-state index contributed by atoms with van der Waals surface area (Å²) < 4.78 is 0.